The number of nitrogens with one attached hydrogen (secondary N) is 1. The van der Waals surface area contributed by atoms with Crippen LogP contribution in [0.5, 0.6) is 0 Å². The van der Waals surface area contributed by atoms with Gasteiger partial charge in [-0.3, -0.25) is 9.59 Å². The van der Waals surface area contributed by atoms with Gasteiger partial charge in [-0.25, -0.2) is 0 Å². The Bertz CT molecular complexity index is 380. The lowest BCUT2D eigenvalue weighted by Gasteiger charge is -2.37. The number of rotatable bonds is 2. The second kappa shape index (κ2) is 7.92. The molecule has 1 aliphatic carbocycles. The lowest BCUT2D eigenvalue weighted by molar-refractivity contribution is -0.131. The summed E-state index contributed by atoms with van der Waals surface area (Å²) in [6.45, 7) is 8.80. The predicted molar refractivity (Wildman–Crippen MR) is 88.1 cm³/mol. The zero-order chi connectivity index (χ0) is 16.9. The molecule has 1 saturated heterocycles. The molecule has 0 aromatic heterocycles. The molecular formula is C16H32N4O2. The van der Waals surface area contributed by atoms with Gasteiger partial charge in [0, 0.05) is 31.1 Å². The number of carbonyl (C=O) groups is 2. The third-order valence-corrected chi connectivity index (χ3v) is 4.06. The molecule has 6 nitrogen and oxygen atoms in total. The molecule has 2 aliphatic rings. The molecule has 1 unspecified atom stereocenters. The average molecular weight is 312 g/mol. The summed E-state index contributed by atoms with van der Waals surface area (Å²) in [4.78, 5) is 23.1. The molecular weight excluding hydrogens is 280 g/mol. The van der Waals surface area contributed by atoms with Crippen molar-refractivity contribution in [2.75, 3.05) is 6.54 Å². The van der Waals surface area contributed by atoms with Crippen LogP contribution in [0.4, 0.5) is 0 Å². The van der Waals surface area contributed by atoms with Crippen LogP contribution in [0.2, 0.25) is 0 Å². The zero-order valence-corrected chi connectivity index (χ0v) is 14.4. The van der Waals surface area contributed by atoms with Crippen molar-refractivity contribution in [3.63, 3.8) is 0 Å². The maximum Gasteiger partial charge on any atom is 0.239 e. The van der Waals surface area contributed by atoms with E-state index in [0.29, 0.717) is 12.1 Å². The van der Waals surface area contributed by atoms with Crippen LogP contribution in [0.3, 0.4) is 0 Å². The SMILES string of the molecule is CC(C)(C)NC1CCC(N2CCC(N)C2=O)CC1.CC(N)=O. The first-order chi connectivity index (χ1) is 10.1. The molecule has 1 aliphatic heterocycles. The number of primary amides is 1. The molecule has 0 radical (unpaired) electrons. The van der Waals surface area contributed by atoms with Crippen LogP contribution in [-0.4, -0.2) is 46.9 Å². The summed E-state index contributed by atoms with van der Waals surface area (Å²) in [5.41, 5.74) is 10.4. The molecule has 0 aromatic rings. The first-order valence-electron chi connectivity index (χ1n) is 8.20. The molecule has 2 fully saturated rings. The van der Waals surface area contributed by atoms with E-state index in [0.717, 1.165) is 25.8 Å². The van der Waals surface area contributed by atoms with Crippen molar-refractivity contribution in [1.29, 1.82) is 0 Å². The van der Waals surface area contributed by atoms with Crippen LogP contribution in [-0.2, 0) is 9.59 Å². The topological polar surface area (TPSA) is 101 Å². The fourth-order valence-electron chi connectivity index (χ4n) is 3.23. The van der Waals surface area contributed by atoms with E-state index in [2.05, 4.69) is 31.8 Å². The predicted octanol–water partition coefficient (Wildman–Crippen LogP) is 0.737. The first-order valence-corrected chi connectivity index (χ1v) is 8.20. The average Bonchev–Trinajstić information content (AvgIpc) is 2.69. The summed E-state index contributed by atoms with van der Waals surface area (Å²) in [5, 5.41) is 3.66. The number of likely N-dealkylation sites (tertiary alicyclic amines) is 1. The number of nitrogens with zero attached hydrogens (tertiary/aromatic N) is 1. The van der Waals surface area contributed by atoms with Gasteiger partial charge in [0.1, 0.15) is 0 Å². The number of hydrogen-bond donors (Lipinski definition) is 3. The number of hydrogen-bond acceptors (Lipinski definition) is 4. The molecule has 128 valence electrons. The molecule has 0 aromatic carbocycles. The van der Waals surface area contributed by atoms with Crippen LogP contribution < -0.4 is 16.8 Å². The Morgan fingerprint density at radius 3 is 2.05 bits per heavy atom. The van der Waals surface area contributed by atoms with Gasteiger partial charge < -0.3 is 21.7 Å². The van der Waals surface area contributed by atoms with E-state index in [1.807, 2.05) is 4.90 Å². The highest BCUT2D eigenvalue weighted by molar-refractivity contribution is 5.84. The van der Waals surface area contributed by atoms with Crippen molar-refractivity contribution in [2.45, 2.75) is 83.5 Å². The number of nitrogens with two attached hydrogens (primary N) is 2. The summed E-state index contributed by atoms with van der Waals surface area (Å²) in [6.07, 6.45) is 5.40. The van der Waals surface area contributed by atoms with Crippen molar-refractivity contribution in [1.82, 2.24) is 10.2 Å². The van der Waals surface area contributed by atoms with Gasteiger partial charge in [0.25, 0.3) is 0 Å². The summed E-state index contributed by atoms with van der Waals surface area (Å²) < 4.78 is 0. The van der Waals surface area contributed by atoms with Gasteiger partial charge in [-0.05, 0) is 52.9 Å². The van der Waals surface area contributed by atoms with E-state index in [-0.39, 0.29) is 23.4 Å². The smallest absolute Gasteiger partial charge is 0.239 e. The van der Waals surface area contributed by atoms with Gasteiger partial charge in [-0.15, -0.1) is 0 Å². The minimum atomic E-state index is -0.333. The molecule has 1 saturated carbocycles. The highest BCUT2D eigenvalue weighted by Gasteiger charge is 2.35. The van der Waals surface area contributed by atoms with Crippen LogP contribution in [0.15, 0.2) is 0 Å². The van der Waals surface area contributed by atoms with Crippen LogP contribution in [0.1, 0.15) is 59.8 Å². The largest absolute Gasteiger partial charge is 0.370 e. The van der Waals surface area contributed by atoms with E-state index in [1.54, 1.807) is 0 Å². The van der Waals surface area contributed by atoms with Gasteiger partial charge in [-0.1, -0.05) is 0 Å². The van der Waals surface area contributed by atoms with E-state index in [1.165, 1.54) is 19.8 Å². The fourth-order valence-corrected chi connectivity index (χ4v) is 3.23. The zero-order valence-electron chi connectivity index (χ0n) is 14.4. The maximum atomic E-state index is 11.9. The molecule has 2 amide bonds. The first kappa shape index (κ1) is 18.9. The van der Waals surface area contributed by atoms with Crippen molar-refractivity contribution < 1.29 is 9.59 Å². The second-order valence-corrected chi connectivity index (χ2v) is 7.44. The Morgan fingerprint density at radius 2 is 1.68 bits per heavy atom. The Morgan fingerprint density at radius 1 is 1.18 bits per heavy atom. The molecule has 5 N–H and O–H groups in total. The highest BCUT2D eigenvalue weighted by Crippen LogP contribution is 2.27. The summed E-state index contributed by atoms with van der Waals surface area (Å²) in [6, 6.07) is 0.798. The Labute approximate surface area is 134 Å². The summed E-state index contributed by atoms with van der Waals surface area (Å²) >= 11 is 0. The van der Waals surface area contributed by atoms with Gasteiger partial charge >= 0.3 is 0 Å². The van der Waals surface area contributed by atoms with Crippen LogP contribution >= 0.6 is 0 Å². The van der Waals surface area contributed by atoms with Gasteiger partial charge in [-0.2, -0.15) is 0 Å². The Kier molecular flexibility index (Phi) is 6.81. The van der Waals surface area contributed by atoms with Gasteiger partial charge in [0.05, 0.1) is 6.04 Å². The van der Waals surface area contributed by atoms with E-state index in [9.17, 15) is 9.59 Å². The fraction of sp³-hybridized carbons (Fsp3) is 0.875. The lowest BCUT2D eigenvalue weighted by Crippen LogP contribution is -2.49. The van der Waals surface area contributed by atoms with Crippen LogP contribution in [0, 0.1) is 0 Å². The number of amides is 2. The molecule has 1 atom stereocenters. The molecule has 2 rings (SSSR count). The quantitative estimate of drug-likeness (QED) is 0.700. The Hall–Kier alpha value is -1.14. The van der Waals surface area contributed by atoms with E-state index < -0.39 is 0 Å². The molecule has 6 heteroatoms. The van der Waals surface area contributed by atoms with E-state index >= 15 is 0 Å². The standard InChI is InChI=1S/C14H27N3O.C2H5NO/c1-14(2,3)16-10-4-6-11(7-5-10)17-9-8-12(15)13(17)18;1-2(3)4/h10-12,16H,4-9,15H2,1-3H3;1H3,(H2,3,4). The normalized spacial score (nSPS) is 29.0. The lowest BCUT2D eigenvalue weighted by atomic mass is 9.89. The van der Waals surface area contributed by atoms with Gasteiger partial charge in [0.15, 0.2) is 0 Å². The molecule has 1 heterocycles. The van der Waals surface area contributed by atoms with Crippen molar-refractivity contribution in [3.05, 3.63) is 0 Å². The van der Waals surface area contributed by atoms with Crippen molar-refractivity contribution >= 4 is 11.8 Å². The second-order valence-electron chi connectivity index (χ2n) is 7.44. The third-order valence-electron chi connectivity index (χ3n) is 4.06. The molecule has 0 bridgehead atoms. The van der Waals surface area contributed by atoms with Crippen LogP contribution in [0.25, 0.3) is 0 Å². The van der Waals surface area contributed by atoms with Crippen molar-refractivity contribution in [2.24, 2.45) is 11.5 Å². The Balaban J connectivity index is 0.000000541. The minimum Gasteiger partial charge on any atom is -0.370 e. The third kappa shape index (κ3) is 6.32. The minimum absolute atomic E-state index is 0.169. The summed E-state index contributed by atoms with van der Waals surface area (Å²) in [7, 11) is 0. The summed E-state index contributed by atoms with van der Waals surface area (Å²) in [5.74, 6) is -0.165. The maximum absolute atomic E-state index is 11.9. The van der Waals surface area contributed by atoms with Crippen molar-refractivity contribution in [3.8, 4) is 0 Å². The molecule has 22 heavy (non-hydrogen) atoms. The van der Waals surface area contributed by atoms with E-state index in [4.69, 9.17) is 5.73 Å². The number of carbonyl (C=O) groups excluding carboxylic acids is 2. The highest BCUT2D eigenvalue weighted by atomic mass is 16.2. The van der Waals surface area contributed by atoms with Gasteiger partial charge in [0.2, 0.25) is 11.8 Å². The molecule has 0 spiro atoms. The monoisotopic (exact) mass is 312 g/mol.